The fourth-order valence-corrected chi connectivity index (χ4v) is 1.05. The number of nitrogens with zero attached hydrogens (tertiary/aromatic N) is 3. The Morgan fingerprint density at radius 2 is 2.06 bits per heavy atom. The van der Waals surface area contributed by atoms with Gasteiger partial charge in [-0.2, -0.15) is 5.10 Å². The lowest BCUT2D eigenvalue weighted by atomic mass is 10.2. The summed E-state index contributed by atoms with van der Waals surface area (Å²) in [6.07, 6.45) is 1.44. The van der Waals surface area contributed by atoms with E-state index in [0.29, 0.717) is 5.56 Å². The average molecular weight is 236 g/mol. The molecule has 0 unspecified atom stereocenters. The average Bonchev–Trinajstić information content (AvgIpc) is 2.35. The molecule has 0 aliphatic carbocycles. The maximum absolute atomic E-state index is 11.1. The standard InChI is InChI=1S/C10H12N4O3/c1-11-10(15)13(2)12-7-8-3-5-9(6-4-8)14(16)17/h3-7H,1-2H3,(H,11,15)/b12-7+. The molecular weight excluding hydrogens is 224 g/mol. The number of nitrogens with one attached hydrogen (secondary N) is 1. The number of hydrogen-bond donors (Lipinski definition) is 1. The van der Waals surface area contributed by atoms with Crippen molar-refractivity contribution in [3.63, 3.8) is 0 Å². The van der Waals surface area contributed by atoms with E-state index in [-0.39, 0.29) is 11.7 Å². The number of amides is 2. The van der Waals surface area contributed by atoms with Crippen molar-refractivity contribution in [2.45, 2.75) is 0 Å². The molecule has 17 heavy (non-hydrogen) atoms. The molecule has 1 aromatic rings. The van der Waals surface area contributed by atoms with Crippen LogP contribution < -0.4 is 5.32 Å². The minimum absolute atomic E-state index is 0.0156. The molecule has 1 aromatic carbocycles. The number of carbonyl (C=O) groups excluding carboxylic acids is 1. The molecular formula is C10H12N4O3. The van der Waals surface area contributed by atoms with Crippen LogP contribution in [-0.4, -0.2) is 36.3 Å². The minimum atomic E-state index is -0.475. The van der Waals surface area contributed by atoms with Crippen molar-refractivity contribution in [3.8, 4) is 0 Å². The maximum atomic E-state index is 11.1. The van der Waals surface area contributed by atoms with Crippen LogP contribution in [0.1, 0.15) is 5.56 Å². The molecule has 7 nitrogen and oxygen atoms in total. The van der Waals surface area contributed by atoms with E-state index in [1.807, 2.05) is 0 Å². The van der Waals surface area contributed by atoms with Gasteiger partial charge in [0.2, 0.25) is 0 Å². The van der Waals surface area contributed by atoms with Crippen LogP contribution in [0.15, 0.2) is 29.4 Å². The van der Waals surface area contributed by atoms with Crippen molar-refractivity contribution in [1.82, 2.24) is 10.3 Å². The van der Waals surface area contributed by atoms with Crippen LogP contribution in [0.2, 0.25) is 0 Å². The third kappa shape index (κ3) is 3.56. The van der Waals surface area contributed by atoms with Gasteiger partial charge in [0.25, 0.3) is 5.69 Å². The van der Waals surface area contributed by atoms with E-state index in [0.717, 1.165) is 5.01 Å². The van der Waals surface area contributed by atoms with E-state index in [4.69, 9.17) is 0 Å². The van der Waals surface area contributed by atoms with Gasteiger partial charge in [-0.1, -0.05) is 0 Å². The summed E-state index contributed by atoms with van der Waals surface area (Å²) in [5, 5.41) is 17.8. The summed E-state index contributed by atoms with van der Waals surface area (Å²) in [4.78, 5) is 21.0. The van der Waals surface area contributed by atoms with Crippen LogP contribution >= 0.6 is 0 Å². The van der Waals surface area contributed by atoms with Crippen molar-refractivity contribution in [2.75, 3.05) is 14.1 Å². The Balaban J connectivity index is 2.72. The van der Waals surface area contributed by atoms with Gasteiger partial charge in [-0.05, 0) is 17.7 Å². The Kier molecular flexibility index (Phi) is 4.15. The van der Waals surface area contributed by atoms with Crippen LogP contribution in [0, 0.1) is 10.1 Å². The molecule has 0 radical (unpaired) electrons. The first-order valence-corrected chi connectivity index (χ1v) is 4.78. The maximum Gasteiger partial charge on any atom is 0.337 e. The predicted molar refractivity (Wildman–Crippen MR) is 62.9 cm³/mol. The van der Waals surface area contributed by atoms with Crippen LogP contribution in [0.5, 0.6) is 0 Å². The van der Waals surface area contributed by atoms with Crippen molar-refractivity contribution >= 4 is 17.9 Å². The van der Waals surface area contributed by atoms with Gasteiger partial charge in [0.05, 0.1) is 11.1 Å². The second-order valence-corrected chi connectivity index (χ2v) is 3.17. The SMILES string of the molecule is CNC(=O)N(C)/N=C/c1ccc([N+](=O)[O-])cc1. The number of nitro groups is 1. The van der Waals surface area contributed by atoms with Crippen LogP contribution in [0.25, 0.3) is 0 Å². The normalized spacial score (nSPS) is 10.2. The van der Waals surface area contributed by atoms with Gasteiger partial charge in [0.1, 0.15) is 0 Å². The molecule has 0 aliphatic rings. The van der Waals surface area contributed by atoms with Crippen molar-refractivity contribution < 1.29 is 9.72 Å². The molecule has 0 atom stereocenters. The third-order valence-corrected chi connectivity index (χ3v) is 1.99. The Labute approximate surface area is 97.9 Å². The molecule has 0 aliphatic heterocycles. The number of hydrazone groups is 1. The lowest BCUT2D eigenvalue weighted by Gasteiger charge is -2.08. The van der Waals surface area contributed by atoms with E-state index < -0.39 is 4.92 Å². The van der Waals surface area contributed by atoms with Crippen molar-refractivity contribution in [3.05, 3.63) is 39.9 Å². The van der Waals surface area contributed by atoms with Gasteiger partial charge in [0.15, 0.2) is 0 Å². The van der Waals surface area contributed by atoms with Gasteiger partial charge >= 0.3 is 6.03 Å². The number of benzene rings is 1. The second kappa shape index (κ2) is 5.59. The number of carbonyl (C=O) groups is 1. The smallest absolute Gasteiger partial charge is 0.337 e. The van der Waals surface area contributed by atoms with Crippen molar-refractivity contribution in [1.29, 1.82) is 0 Å². The highest BCUT2D eigenvalue weighted by molar-refractivity contribution is 5.82. The predicted octanol–water partition coefficient (Wildman–Crippen LogP) is 1.20. The largest absolute Gasteiger partial charge is 0.340 e. The summed E-state index contributed by atoms with van der Waals surface area (Å²) < 4.78 is 0. The Hall–Kier alpha value is -2.44. The quantitative estimate of drug-likeness (QED) is 0.486. The molecule has 0 spiro atoms. The first-order valence-electron chi connectivity index (χ1n) is 4.78. The molecule has 1 N–H and O–H groups in total. The zero-order valence-corrected chi connectivity index (χ0v) is 9.45. The van der Waals surface area contributed by atoms with E-state index in [1.165, 1.54) is 32.4 Å². The molecule has 90 valence electrons. The second-order valence-electron chi connectivity index (χ2n) is 3.17. The van der Waals surface area contributed by atoms with E-state index in [9.17, 15) is 14.9 Å². The fraction of sp³-hybridized carbons (Fsp3) is 0.200. The van der Waals surface area contributed by atoms with Gasteiger partial charge < -0.3 is 5.32 Å². The Morgan fingerprint density at radius 1 is 1.47 bits per heavy atom. The summed E-state index contributed by atoms with van der Waals surface area (Å²) in [6, 6.07) is 5.52. The molecule has 0 aromatic heterocycles. The van der Waals surface area contributed by atoms with E-state index in [1.54, 1.807) is 12.1 Å². The molecule has 0 bridgehead atoms. The minimum Gasteiger partial charge on any atom is -0.340 e. The number of non-ortho nitro benzene ring substituents is 1. The zero-order valence-electron chi connectivity index (χ0n) is 9.45. The molecule has 0 saturated heterocycles. The molecule has 0 heterocycles. The molecule has 0 saturated carbocycles. The first kappa shape index (κ1) is 12.6. The summed E-state index contributed by atoms with van der Waals surface area (Å²) in [5.74, 6) is 0. The highest BCUT2D eigenvalue weighted by Crippen LogP contribution is 2.10. The van der Waals surface area contributed by atoms with E-state index in [2.05, 4.69) is 10.4 Å². The lowest BCUT2D eigenvalue weighted by Crippen LogP contribution is -2.30. The number of rotatable bonds is 3. The molecule has 0 fully saturated rings. The summed E-state index contributed by atoms with van der Waals surface area (Å²) in [6.45, 7) is 0. The fourth-order valence-electron chi connectivity index (χ4n) is 1.05. The summed E-state index contributed by atoms with van der Waals surface area (Å²) in [7, 11) is 3.00. The van der Waals surface area contributed by atoms with Gasteiger partial charge in [-0.3, -0.25) is 10.1 Å². The lowest BCUT2D eigenvalue weighted by molar-refractivity contribution is -0.384. The Bertz CT molecular complexity index is 441. The monoisotopic (exact) mass is 236 g/mol. The van der Waals surface area contributed by atoms with Crippen LogP contribution in [0.4, 0.5) is 10.5 Å². The molecule has 1 rings (SSSR count). The summed E-state index contributed by atoms with van der Waals surface area (Å²) in [5.41, 5.74) is 0.688. The Morgan fingerprint density at radius 3 is 2.53 bits per heavy atom. The van der Waals surface area contributed by atoms with Crippen LogP contribution in [-0.2, 0) is 0 Å². The highest BCUT2D eigenvalue weighted by atomic mass is 16.6. The first-order chi connectivity index (χ1) is 8.04. The number of hydrogen-bond acceptors (Lipinski definition) is 4. The van der Waals surface area contributed by atoms with Crippen molar-refractivity contribution in [2.24, 2.45) is 5.10 Å². The van der Waals surface area contributed by atoms with Gasteiger partial charge in [-0.25, -0.2) is 9.80 Å². The van der Waals surface area contributed by atoms with Crippen LogP contribution in [0.3, 0.4) is 0 Å². The van der Waals surface area contributed by atoms with Gasteiger partial charge in [-0.15, -0.1) is 0 Å². The third-order valence-electron chi connectivity index (χ3n) is 1.99. The summed E-state index contributed by atoms with van der Waals surface area (Å²) >= 11 is 0. The highest BCUT2D eigenvalue weighted by Gasteiger charge is 2.04. The molecule has 7 heteroatoms. The van der Waals surface area contributed by atoms with E-state index >= 15 is 0 Å². The zero-order chi connectivity index (χ0) is 12.8. The number of urea groups is 1. The topological polar surface area (TPSA) is 87.8 Å². The molecule has 2 amide bonds. The number of nitro benzene ring substituents is 1. The van der Waals surface area contributed by atoms with Gasteiger partial charge in [0, 0.05) is 26.2 Å².